The molecule has 0 bridgehead atoms. The van der Waals surface area contributed by atoms with E-state index in [1.165, 1.54) is 0 Å². The highest BCUT2D eigenvalue weighted by Gasteiger charge is 2.29. The maximum absolute atomic E-state index is 10.1. The first-order valence-corrected chi connectivity index (χ1v) is 10.6. The van der Waals surface area contributed by atoms with Crippen LogP contribution in [0.5, 0.6) is 11.6 Å². The Bertz CT molecular complexity index is 788. The fraction of sp³-hybridized carbons (Fsp3) is 0.609. The standard InChI is InChI=1S/C23H34N2O4/c1-14(2)25-17(6)21(12-18-7-9-20(10-8-18)27-15(3)4)23(24-25)29-22-13-19(26)11-16(5)28-22/h7-10,14-16,19,22,26H,11-13H2,1-6H3/t16-,19+,22+/m1/s1. The molecule has 1 fully saturated rings. The maximum atomic E-state index is 10.1. The normalized spacial score (nSPS) is 22.3. The van der Waals surface area contributed by atoms with Crippen LogP contribution in [0.3, 0.4) is 0 Å². The van der Waals surface area contributed by atoms with Crippen LogP contribution in [0.25, 0.3) is 0 Å². The zero-order chi connectivity index (χ0) is 21.1. The second-order valence-corrected chi connectivity index (χ2v) is 8.51. The van der Waals surface area contributed by atoms with E-state index in [9.17, 15) is 5.11 Å². The predicted molar refractivity (Wildman–Crippen MR) is 113 cm³/mol. The molecule has 1 N–H and O–H groups in total. The summed E-state index contributed by atoms with van der Waals surface area (Å²) in [4.78, 5) is 0. The van der Waals surface area contributed by atoms with E-state index in [1.54, 1.807) is 0 Å². The molecule has 3 atom stereocenters. The third-order valence-electron chi connectivity index (χ3n) is 5.10. The van der Waals surface area contributed by atoms with Crippen molar-refractivity contribution in [2.45, 2.75) is 91.4 Å². The van der Waals surface area contributed by atoms with Gasteiger partial charge in [-0.3, -0.25) is 4.68 Å². The van der Waals surface area contributed by atoms with Gasteiger partial charge in [0.1, 0.15) is 5.75 Å². The van der Waals surface area contributed by atoms with Crippen LogP contribution in [0.1, 0.15) is 70.3 Å². The first-order chi connectivity index (χ1) is 13.7. The van der Waals surface area contributed by atoms with Crippen LogP contribution in [0.15, 0.2) is 24.3 Å². The van der Waals surface area contributed by atoms with Crippen molar-refractivity contribution >= 4 is 0 Å². The van der Waals surface area contributed by atoms with Gasteiger partial charge in [0.15, 0.2) is 0 Å². The Labute approximate surface area is 173 Å². The van der Waals surface area contributed by atoms with E-state index in [4.69, 9.17) is 19.3 Å². The summed E-state index contributed by atoms with van der Waals surface area (Å²) in [6, 6.07) is 8.39. The van der Waals surface area contributed by atoms with Crippen molar-refractivity contribution in [3.63, 3.8) is 0 Å². The van der Waals surface area contributed by atoms with E-state index in [0.29, 0.717) is 25.1 Å². The molecule has 0 unspecified atom stereocenters. The summed E-state index contributed by atoms with van der Waals surface area (Å²) in [6.07, 6.45) is 1.03. The molecule has 6 heteroatoms. The van der Waals surface area contributed by atoms with Gasteiger partial charge in [-0.05, 0) is 65.7 Å². The Morgan fingerprint density at radius 3 is 2.45 bits per heavy atom. The Morgan fingerprint density at radius 1 is 1.17 bits per heavy atom. The lowest BCUT2D eigenvalue weighted by atomic mass is 10.0. The van der Waals surface area contributed by atoms with Gasteiger partial charge in [0.05, 0.1) is 18.3 Å². The minimum absolute atomic E-state index is 0.0333. The number of ether oxygens (including phenoxy) is 3. The molecule has 2 aromatic rings. The summed E-state index contributed by atoms with van der Waals surface area (Å²) in [6.45, 7) is 12.3. The van der Waals surface area contributed by atoms with E-state index >= 15 is 0 Å². The Balaban J connectivity index is 1.83. The molecule has 0 aliphatic carbocycles. The van der Waals surface area contributed by atoms with E-state index < -0.39 is 12.4 Å². The number of aliphatic hydroxyl groups excluding tert-OH is 1. The number of benzene rings is 1. The van der Waals surface area contributed by atoms with Gasteiger partial charge in [-0.15, -0.1) is 5.10 Å². The van der Waals surface area contributed by atoms with E-state index in [0.717, 1.165) is 22.6 Å². The third-order valence-corrected chi connectivity index (χ3v) is 5.10. The van der Waals surface area contributed by atoms with Crippen LogP contribution in [0.2, 0.25) is 0 Å². The van der Waals surface area contributed by atoms with Gasteiger partial charge in [0, 0.05) is 30.1 Å². The van der Waals surface area contributed by atoms with Crippen molar-refractivity contribution in [1.29, 1.82) is 0 Å². The van der Waals surface area contributed by atoms with Gasteiger partial charge < -0.3 is 19.3 Å². The molecule has 3 rings (SSSR count). The van der Waals surface area contributed by atoms with Crippen LogP contribution < -0.4 is 9.47 Å². The molecule has 1 aliphatic rings. The molecule has 0 amide bonds. The molecule has 2 heterocycles. The Morgan fingerprint density at radius 2 is 1.86 bits per heavy atom. The Kier molecular flexibility index (Phi) is 6.85. The van der Waals surface area contributed by atoms with Crippen LogP contribution in [-0.2, 0) is 11.2 Å². The fourth-order valence-corrected chi connectivity index (χ4v) is 3.76. The number of rotatable bonds is 7. The van der Waals surface area contributed by atoms with Crippen LogP contribution in [0, 0.1) is 6.92 Å². The van der Waals surface area contributed by atoms with Crippen LogP contribution in [-0.4, -0.2) is 39.5 Å². The van der Waals surface area contributed by atoms with Gasteiger partial charge in [-0.1, -0.05) is 12.1 Å². The SMILES string of the molecule is Cc1c(Cc2ccc(OC(C)C)cc2)c(O[C@H]2C[C@@H](O)C[C@@H](C)O2)nn1C(C)C. The zero-order valence-corrected chi connectivity index (χ0v) is 18.4. The highest BCUT2D eigenvalue weighted by atomic mass is 16.7. The largest absolute Gasteiger partial charge is 0.491 e. The summed E-state index contributed by atoms with van der Waals surface area (Å²) < 4.78 is 19.8. The molecule has 160 valence electrons. The third kappa shape index (κ3) is 5.52. The summed E-state index contributed by atoms with van der Waals surface area (Å²) >= 11 is 0. The van der Waals surface area contributed by atoms with Crippen molar-refractivity contribution < 1.29 is 19.3 Å². The van der Waals surface area contributed by atoms with Gasteiger partial charge in [0.2, 0.25) is 12.2 Å². The molecule has 1 aliphatic heterocycles. The van der Waals surface area contributed by atoms with Crippen molar-refractivity contribution in [3.8, 4) is 11.6 Å². The fourth-order valence-electron chi connectivity index (χ4n) is 3.76. The lowest BCUT2D eigenvalue weighted by Crippen LogP contribution is -2.37. The number of aliphatic hydroxyl groups is 1. The summed E-state index contributed by atoms with van der Waals surface area (Å²) in [5, 5.41) is 14.8. The summed E-state index contributed by atoms with van der Waals surface area (Å²) in [5.74, 6) is 1.46. The molecular formula is C23H34N2O4. The molecule has 29 heavy (non-hydrogen) atoms. The number of aromatic nitrogens is 2. The number of hydrogen-bond donors (Lipinski definition) is 1. The monoisotopic (exact) mass is 402 g/mol. The quantitative estimate of drug-likeness (QED) is 0.743. The predicted octanol–water partition coefficient (Wildman–Crippen LogP) is 4.42. The minimum atomic E-state index is -0.482. The first kappa shape index (κ1) is 21.7. The van der Waals surface area contributed by atoms with Crippen LogP contribution in [0.4, 0.5) is 0 Å². The lowest BCUT2D eigenvalue weighted by Gasteiger charge is -2.30. The molecule has 0 radical (unpaired) electrons. The minimum Gasteiger partial charge on any atom is -0.491 e. The second kappa shape index (κ2) is 9.18. The van der Waals surface area contributed by atoms with Crippen molar-refractivity contribution in [2.24, 2.45) is 0 Å². The van der Waals surface area contributed by atoms with Crippen molar-refractivity contribution in [3.05, 3.63) is 41.1 Å². The Hall–Kier alpha value is -2.05. The van der Waals surface area contributed by atoms with Crippen molar-refractivity contribution in [2.75, 3.05) is 0 Å². The van der Waals surface area contributed by atoms with Crippen molar-refractivity contribution in [1.82, 2.24) is 9.78 Å². The molecular weight excluding hydrogens is 368 g/mol. The molecule has 0 saturated carbocycles. The van der Waals surface area contributed by atoms with E-state index in [1.807, 2.05) is 37.6 Å². The molecule has 1 saturated heterocycles. The summed E-state index contributed by atoms with van der Waals surface area (Å²) in [5.41, 5.74) is 3.30. The smallest absolute Gasteiger partial charge is 0.238 e. The van der Waals surface area contributed by atoms with Gasteiger partial charge in [0.25, 0.3) is 0 Å². The molecule has 6 nitrogen and oxygen atoms in total. The van der Waals surface area contributed by atoms with Gasteiger partial charge in [-0.25, -0.2) is 0 Å². The number of nitrogens with zero attached hydrogens (tertiary/aromatic N) is 2. The topological polar surface area (TPSA) is 65.7 Å². The molecule has 1 aromatic carbocycles. The first-order valence-electron chi connectivity index (χ1n) is 10.6. The molecule has 1 aromatic heterocycles. The average Bonchev–Trinajstić information content (AvgIpc) is 2.91. The molecule has 0 spiro atoms. The van der Waals surface area contributed by atoms with Crippen LogP contribution >= 0.6 is 0 Å². The highest BCUT2D eigenvalue weighted by Crippen LogP contribution is 2.30. The van der Waals surface area contributed by atoms with Gasteiger partial charge >= 0.3 is 0 Å². The highest BCUT2D eigenvalue weighted by molar-refractivity contribution is 5.38. The van der Waals surface area contributed by atoms with E-state index in [2.05, 4.69) is 32.9 Å². The lowest BCUT2D eigenvalue weighted by molar-refractivity contribution is -0.171. The maximum Gasteiger partial charge on any atom is 0.238 e. The average molecular weight is 403 g/mol. The summed E-state index contributed by atoms with van der Waals surface area (Å²) in [7, 11) is 0. The van der Waals surface area contributed by atoms with E-state index in [-0.39, 0.29) is 18.2 Å². The second-order valence-electron chi connectivity index (χ2n) is 8.51. The number of hydrogen-bond acceptors (Lipinski definition) is 5. The van der Waals surface area contributed by atoms with Gasteiger partial charge in [-0.2, -0.15) is 0 Å². The zero-order valence-electron chi connectivity index (χ0n) is 18.4.